The Balaban J connectivity index is 1.47. The lowest BCUT2D eigenvalue weighted by Gasteiger charge is -2.37. The van der Waals surface area contributed by atoms with Crippen LogP contribution in [0, 0.1) is 17.0 Å². The maximum Gasteiger partial charge on any atom is 0.252 e. The molecular formula is C25H23F2N7O2. The van der Waals surface area contributed by atoms with E-state index in [1.165, 1.54) is 29.2 Å². The first-order valence-electron chi connectivity index (χ1n) is 11.6. The molecule has 3 aromatic heterocycles. The van der Waals surface area contributed by atoms with Crippen LogP contribution in [-0.2, 0) is 5.41 Å². The average molecular weight is 492 g/mol. The molecule has 2 aliphatic carbocycles. The Bertz CT molecular complexity index is 1470. The molecule has 3 heterocycles. The molecule has 0 amide bonds. The predicted octanol–water partition coefficient (Wildman–Crippen LogP) is 3.02. The summed E-state index contributed by atoms with van der Waals surface area (Å²) in [7, 11) is 0. The third kappa shape index (κ3) is 2.99. The molecule has 0 spiro atoms. The molecule has 184 valence electrons. The van der Waals surface area contributed by atoms with Crippen LogP contribution >= 0.6 is 0 Å². The predicted molar refractivity (Wildman–Crippen MR) is 123 cm³/mol. The Morgan fingerprint density at radius 1 is 1.14 bits per heavy atom. The zero-order valence-corrected chi connectivity index (χ0v) is 19.6. The summed E-state index contributed by atoms with van der Waals surface area (Å²) in [5, 5.41) is 32.0. The van der Waals surface area contributed by atoms with Gasteiger partial charge in [0.2, 0.25) is 0 Å². The van der Waals surface area contributed by atoms with Crippen LogP contribution < -0.4 is 0 Å². The summed E-state index contributed by atoms with van der Waals surface area (Å²) in [6, 6.07) is 7.35. The molecule has 11 heteroatoms. The van der Waals surface area contributed by atoms with Gasteiger partial charge < -0.3 is 10.2 Å². The maximum atomic E-state index is 14.5. The molecule has 2 N–H and O–H groups in total. The van der Waals surface area contributed by atoms with Crippen LogP contribution in [0.15, 0.2) is 42.9 Å². The smallest absolute Gasteiger partial charge is 0.252 e. The highest BCUT2D eigenvalue weighted by atomic mass is 19.1. The molecule has 0 aliphatic heterocycles. The van der Waals surface area contributed by atoms with Gasteiger partial charge in [0.25, 0.3) is 5.95 Å². The molecule has 36 heavy (non-hydrogen) atoms. The van der Waals surface area contributed by atoms with Crippen molar-refractivity contribution in [2.24, 2.45) is 5.41 Å². The Labute approximate surface area is 204 Å². The number of rotatable bonds is 5. The first kappa shape index (κ1) is 22.7. The van der Waals surface area contributed by atoms with E-state index in [1.807, 2.05) is 6.07 Å². The van der Waals surface area contributed by atoms with E-state index in [4.69, 9.17) is 4.98 Å². The van der Waals surface area contributed by atoms with E-state index in [0.717, 1.165) is 29.8 Å². The van der Waals surface area contributed by atoms with Crippen LogP contribution in [0.3, 0.4) is 0 Å². The number of aromatic nitrogens is 7. The molecule has 3 atom stereocenters. The first-order chi connectivity index (χ1) is 17.3. The largest absolute Gasteiger partial charge is 0.393 e. The maximum absolute atomic E-state index is 14.5. The molecule has 0 unspecified atom stereocenters. The van der Waals surface area contributed by atoms with E-state index in [0.29, 0.717) is 0 Å². The number of aliphatic hydroxyl groups excluding tert-OH is 2. The van der Waals surface area contributed by atoms with Crippen molar-refractivity contribution in [3.8, 4) is 17.2 Å². The minimum atomic E-state index is -1.20. The highest BCUT2D eigenvalue weighted by Crippen LogP contribution is 2.69. The fraction of sp³-hybridized carbons (Fsp3) is 0.360. The summed E-state index contributed by atoms with van der Waals surface area (Å²) < 4.78 is 30.3. The minimum Gasteiger partial charge on any atom is -0.393 e. The zero-order valence-electron chi connectivity index (χ0n) is 19.6. The Kier molecular flexibility index (Phi) is 4.99. The number of nitrogens with zero attached hydrogens (tertiary/aromatic N) is 7. The van der Waals surface area contributed by atoms with Gasteiger partial charge in [-0.1, -0.05) is 19.9 Å². The second kappa shape index (κ2) is 7.90. The van der Waals surface area contributed by atoms with E-state index in [2.05, 4.69) is 39.1 Å². The molecular weight excluding hydrogens is 468 g/mol. The summed E-state index contributed by atoms with van der Waals surface area (Å²) in [5.74, 6) is -0.930. The second-order valence-electron chi connectivity index (χ2n) is 9.84. The lowest BCUT2D eigenvalue weighted by molar-refractivity contribution is 0.0886. The van der Waals surface area contributed by atoms with Crippen molar-refractivity contribution in [1.29, 1.82) is 0 Å². The number of aliphatic hydroxyl groups is 2. The number of halogens is 2. The van der Waals surface area contributed by atoms with Crippen LogP contribution in [0.4, 0.5) is 8.78 Å². The average Bonchev–Trinajstić information content (AvgIpc) is 3.52. The standard InChI is InChI=1S/C25H23F2N7O2/c1-24(2)14-6-8-25(24,19-7-9-28-23(30-19)34-12-29-22(33-34)18(36)11-35)21-13(14)10-17(31-32-21)20-15(26)4-3-5-16(20)27/h3-5,7,9-10,12,14,18,35-36H,6,8,11H2,1-2H3/t14-,18-,25+/m0/s1. The van der Waals surface area contributed by atoms with Crippen LogP contribution in [0.5, 0.6) is 0 Å². The van der Waals surface area contributed by atoms with Crippen LogP contribution in [-0.4, -0.2) is 51.7 Å². The van der Waals surface area contributed by atoms with Gasteiger partial charge in [-0.15, -0.1) is 10.2 Å². The van der Waals surface area contributed by atoms with Gasteiger partial charge in [0.05, 0.1) is 34.7 Å². The number of fused-ring (bicyclic) bond motifs is 5. The van der Waals surface area contributed by atoms with Gasteiger partial charge in [0, 0.05) is 6.20 Å². The Morgan fingerprint density at radius 3 is 2.67 bits per heavy atom. The molecule has 0 saturated heterocycles. The normalized spacial score (nSPS) is 22.6. The lowest BCUT2D eigenvalue weighted by atomic mass is 9.66. The molecule has 4 aromatic rings. The van der Waals surface area contributed by atoms with Crippen molar-refractivity contribution < 1.29 is 19.0 Å². The zero-order chi connectivity index (χ0) is 25.2. The summed E-state index contributed by atoms with van der Waals surface area (Å²) >= 11 is 0. The van der Waals surface area contributed by atoms with E-state index in [-0.39, 0.29) is 34.4 Å². The highest BCUT2D eigenvalue weighted by molar-refractivity contribution is 5.64. The van der Waals surface area contributed by atoms with Crippen LogP contribution in [0.2, 0.25) is 0 Å². The van der Waals surface area contributed by atoms with E-state index in [9.17, 15) is 19.0 Å². The van der Waals surface area contributed by atoms with Crippen LogP contribution in [0.25, 0.3) is 17.2 Å². The quantitative estimate of drug-likeness (QED) is 0.437. The number of benzene rings is 1. The Hall–Kier alpha value is -3.70. The summed E-state index contributed by atoms with van der Waals surface area (Å²) in [5.41, 5.74) is 1.51. The minimum absolute atomic E-state index is 0.0657. The molecule has 0 radical (unpaired) electrons. The van der Waals surface area contributed by atoms with Crippen molar-refractivity contribution in [3.05, 3.63) is 77.3 Å². The van der Waals surface area contributed by atoms with Gasteiger partial charge in [-0.25, -0.2) is 23.7 Å². The summed E-state index contributed by atoms with van der Waals surface area (Å²) in [4.78, 5) is 13.2. The van der Waals surface area contributed by atoms with Gasteiger partial charge >= 0.3 is 0 Å². The van der Waals surface area contributed by atoms with Crippen molar-refractivity contribution in [1.82, 2.24) is 34.9 Å². The SMILES string of the molecule is CC1(C)[C@H]2CC[C@@]1(c1ccnc(-n3cnc([C@@H](O)CO)n3)n1)c1nnc(-c3c(F)cccc3F)cc12. The molecule has 2 bridgehead atoms. The topological polar surface area (TPSA) is 123 Å². The molecule has 1 saturated carbocycles. The molecule has 6 rings (SSSR count). The van der Waals surface area contributed by atoms with Crippen molar-refractivity contribution in [3.63, 3.8) is 0 Å². The van der Waals surface area contributed by atoms with Crippen molar-refractivity contribution in [2.75, 3.05) is 6.61 Å². The highest BCUT2D eigenvalue weighted by Gasteiger charge is 2.65. The van der Waals surface area contributed by atoms with Crippen molar-refractivity contribution in [2.45, 2.75) is 44.1 Å². The van der Waals surface area contributed by atoms with Gasteiger partial charge in [-0.2, -0.15) is 9.78 Å². The monoisotopic (exact) mass is 491 g/mol. The second-order valence-corrected chi connectivity index (χ2v) is 9.84. The van der Waals surface area contributed by atoms with Gasteiger partial charge in [-0.3, -0.25) is 0 Å². The van der Waals surface area contributed by atoms with E-state index in [1.54, 1.807) is 12.3 Å². The summed E-state index contributed by atoms with van der Waals surface area (Å²) in [6.07, 6.45) is 3.45. The molecule has 2 aliphatic rings. The molecule has 9 nitrogen and oxygen atoms in total. The fourth-order valence-corrected chi connectivity index (χ4v) is 6.06. The van der Waals surface area contributed by atoms with E-state index < -0.39 is 29.8 Å². The van der Waals surface area contributed by atoms with Gasteiger partial charge in [0.15, 0.2) is 5.82 Å². The molecule has 1 fully saturated rings. The first-order valence-corrected chi connectivity index (χ1v) is 11.6. The molecule has 1 aromatic carbocycles. The third-order valence-corrected chi connectivity index (χ3v) is 7.87. The van der Waals surface area contributed by atoms with Crippen molar-refractivity contribution >= 4 is 0 Å². The Morgan fingerprint density at radius 2 is 1.92 bits per heavy atom. The number of hydrogen-bond acceptors (Lipinski definition) is 8. The van der Waals surface area contributed by atoms with Gasteiger partial charge in [0.1, 0.15) is 24.1 Å². The third-order valence-electron chi connectivity index (χ3n) is 7.87. The lowest BCUT2D eigenvalue weighted by Crippen LogP contribution is -2.38. The van der Waals surface area contributed by atoms with Gasteiger partial charge in [-0.05, 0) is 54.0 Å². The fourth-order valence-electron chi connectivity index (χ4n) is 6.06. The van der Waals surface area contributed by atoms with E-state index >= 15 is 0 Å². The summed E-state index contributed by atoms with van der Waals surface area (Å²) in [6.45, 7) is 3.81. The number of hydrogen-bond donors (Lipinski definition) is 2. The van der Waals surface area contributed by atoms with Crippen LogP contribution in [0.1, 0.15) is 61.5 Å².